The van der Waals surface area contributed by atoms with Crippen LogP contribution >= 0.6 is 11.6 Å². The molecule has 1 N–H and O–H groups in total. The minimum absolute atomic E-state index is 0.185. The van der Waals surface area contributed by atoms with Gasteiger partial charge in [-0.1, -0.05) is 29.8 Å². The standard InChI is InChI=1S/C19H16ClN3O2/c1-13-5-10-18(23-22-13)25-17-4-2-3-15(11-17)19(24)21-12-14-6-8-16(20)9-7-14/h2-11H,12H2,1H3,(H,21,24). The fourth-order valence-electron chi connectivity index (χ4n) is 2.15. The molecule has 1 heterocycles. The number of carbonyl (C=O) groups is 1. The molecule has 1 amide bonds. The van der Waals surface area contributed by atoms with E-state index in [2.05, 4.69) is 15.5 Å². The maximum absolute atomic E-state index is 12.3. The molecule has 0 aliphatic heterocycles. The number of benzene rings is 2. The number of rotatable bonds is 5. The third-order valence-electron chi connectivity index (χ3n) is 3.46. The number of nitrogens with zero attached hydrogens (tertiary/aromatic N) is 2. The van der Waals surface area contributed by atoms with E-state index in [0.29, 0.717) is 28.8 Å². The number of carbonyl (C=O) groups excluding carboxylic acids is 1. The fraction of sp³-hybridized carbons (Fsp3) is 0.105. The van der Waals surface area contributed by atoms with Gasteiger partial charge in [0.1, 0.15) is 5.75 Å². The second-order valence-electron chi connectivity index (χ2n) is 5.45. The number of hydrogen-bond donors (Lipinski definition) is 1. The van der Waals surface area contributed by atoms with Crippen LogP contribution in [-0.4, -0.2) is 16.1 Å². The van der Waals surface area contributed by atoms with Crippen molar-refractivity contribution < 1.29 is 9.53 Å². The van der Waals surface area contributed by atoms with Gasteiger partial charge in [0.2, 0.25) is 5.88 Å². The van der Waals surface area contributed by atoms with Crippen LogP contribution in [0, 0.1) is 6.92 Å². The van der Waals surface area contributed by atoms with Crippen molar-refractivity contribution in [3.63, 3.8) is 0 Å². The summed E-state index contributed by atoms with van der Waals surface area (Å²) in [5.74, 6) is 0.719. The Bertz CT molecular complexity index is 865. The number of aryl methyl sites for hydroxylation is 1. The van der Waals surface area contributed by atoms with E-state index in [1.54, 1.807) is 42.5 Å². The molecule has 0 atom stereocenters. The predicted molar refractivity (Wildman–Crippen MR) is 95.9 cm³/mol. The van der Waals surface area contributed by atoms with Gasteiger partial charge in [-0.3, -0.25) is 4.79 Å². The molecule has 0 unspecified atom stereocenters. The first-order valence-corrected chi connectivity index (χ1v) is 8.09. The van der Waals surface area contributed by atoms with E-state index in [4.69, 9.17) is 16.3 Å². The summed E-state index contributed by atoms with van der Waals surface area (Å²) in [5, 5.41) is 11.4. The number of aromatic nitrogens is 2. The summed E-state index contributed by atoms with van der Waals surface area (Å²) in [7, 11) is 0. The van der Waals surface area contributed by atoms with Crippen molar-refractivity contribution in [2.75, 3.05) is 0 Å². The highest BCUT2D eigenvalue weighted by Crippen LogP contribution is 2.20. The van der Waals surface area contributed by atoms with Crippen LogP contribution in [0.25, 0.3) is 0 Å². The Labute approximate surface area is 150 Å². The molecule has 5 nitrogen and oxygen atoms in total. The minimum atomic E-state index is -0.185. The second-order valence-corrected chi connectivity index (χ2v) is 5.89. The first-order valence-electron chi connectivity index (χ1n) is 7.71. The molecule has 0 saturated carbocycles. The molecule has 3 aromatic rings. The Morgan fingerprint density at radius 1 is 1.08 bits per heavy atom. The molecule has 0 fully saturated rings. The number of ether oxygens (including phenoxy) is 1. The van der Waals surface area contributed by atoms with Gasteiger partial charge in [0, 0.05) is 23.2 Å². The number of nitrogens with one attached hydrogen (secondary N) is 1. The Kier molecular flexibility index (Phi) is 5.26. The summed E-state index contributed by atoms with van der Waals surface area (Å²) in [4.78, 5) is 12.3. The SMILES string of the molecule is Cc1ccc(Oc2cccc(C(=O)NCc3ccc(Cl)cc3)c2)nn1. The van der Waals surface area contributed by atoms with Crippen LogP contribution in [0.2, 0.25) is 5.02 Å². The van der Waals surface area contributed by atoms with Crippen LogP contribution in [0.15, 0.2) is 60.7 Å². The maximum Gasteiger partial charge on any atom is 0.251 e. The third kappa shape index (κ3) is 4.78. The summed E-state index contributed by atoms with van der Waals surface area (Å²) in [6.07, 6.45) is 0. The zero-order chi connectivity index (χ0) is 17.6. The third-order valence-corrected chi connectivity index (χ3v) is 3.71. The van der Waals surface area contributed by atoms with Crippen LogP contribution in [0.3, 0.4) is 0 Å². The first kappa shape index (κ1) is 16.9. The first-order chi connectivity index (χ1) is 12.1. The van der Waals surface area contributed by atoms with Crippen LogP contribution < -0.4 is 10.1 Å². The lowest BCUT2D eigenvalue weighted by Crippen LogP contribution is -2.22. The smallest absolute Gasteiger partial charge is 0.251 e. The van der Waals surface area contributed by atoms with E-state index in [0.717, 1.165) is 11.3 Å². The Hall–Kier alpha value is -2.92. The van der Waals surface area contributed by atoms with E-state index in [1.165, 1.54) is 0 Å². The number of hydrogen-bond acceptors (Lipinski definition) is 4. The lowest BCUT2D eigenvalue weighted by Gasteiger charge is -2.08. The van der Waals surface area contributed by atoms with Gasteiger partial charge < -0.3 is 10.1 Å². The Morgan fingerprint density at radius 3 is 2.60 bits per heavy atom. The molecule has 126 valence electrons. The molecule has 0 saturated heterocycles. The molecule has 0 spiro atoms. The van der Waals surface area contributed by atoms with Crippen molar-refractivity contribution in [3.8, 4) is 11.6 Å². The fourth-order valence-corrected chi connectivity index (χ4v) is 2.28. The van der Waals surface area contributed by atoms with Gasteiger partial charge in [0.05, 0.1) is 5.69 Å². The maximum atomic E-state index is 12.3. The van der Waals surface area contributed by atoms with Crippen LogP contribution in [0.4, 0.5) is 0 Å². The summed E-state index contributed by atoms with van der Waals surface area (Å²) >= 11 is 5.85. The summed E-state index contributed by atoms with van der Waals surface area (Å²) < 4.78 is 5.63. The topological polar surface area (TPSA) is 64.1 Å². The van der Waals surface area contributed by atoms with Gasteiger partial charge in [-0.15, -0.1) is 5.10 Å². The summed E-state index contributed by atoms with van der Waals surface area (Å²) in [5.41, 5.74) is 2.29. The number of halogens is 1. The molecule has 0 radical (unpaired) electrons. The van der Waals surface area contributed by atoms with Crippen molar-refractivity contribution in [2.24, 2.45) is 0 Å². The lowest BCUT2D eigenvalue weighted by molar-refractivity contribution is 0.0950. The van der Waals surface area contributed by atoms with E-state index >= 15 is 0 Å². The monoisotopic (exact) mass is 353 g/mol. The normalized spacial score (nSPS) is 10.3. The highest BCUT2D eigenvalue weighted by atomic mass is 35.5. The largest absolute Gasteiger partial charge is 0.438 e. The van der Waals surface area contributed by atoms with Crippen molar-refractivity contribution in [1.29, 1.82) is 0 Å². The molecular weight excluding hydrogens is 338 g/mol. The van der Waals surface area contributed by atoms with Gasteiger partial charge in [-0.05, 0) is 48.9 Å². The van der Waals surface area contributed by atoms with Gasteiger partial charge in [0.25, 0.3) is 5.91 Å². The average Bonchev–Trinajstić information content (AvgIpc) is 2.63. The van der Waals surface area contributed by atoms with Crippen molar-refractivity contribution in [2.45, 2.75) is 13.5 Å². The minimum Gasteiger partial charge on any atom is -0.438 e. The van der Waals surface area contributed by atoms with Gasteiger partial charge >= 0.3 is 0 Å². The van der Waals surface area contributed by atoms with Crippen molar-refractivity contribution in [1.82, 2.24) is 15.5 Å². The molecule has 0 bridgehead atoms. The summed E-state index contributed by atoms with van der Waals surface area (Å²) in [6, 6.07) is 17.8. The van der Waals surface area contributed by atoms with Crippen LogP contribution in [0.1, 0.15) is 21.6 Å². The zero-order valence-electron chi connectivity index (χ0n) is 13.6. The van der Waals surface area contributed by atoms with Crippen LogP contribution in [0.5, 0.6) is 11.6 Å². The zero-order valence-corrected chi connectivity index (χ0v) is 14.3. The molecule has 0 aliphatic carbocycles. The predicted octanol–water partition coefficient (Wildman–Crippen LogP) is 4.16. The second kappa shape index (κ2) is 7.77. The van der Waals surface area contributed by atoms with Crippen molar-refractivity contribution >= 4 is 17.5 Å². The quantitative estimate of drug-likeness (QED) is 0.748. The molecule has 25 heavy (non-hydrogen) atoms. The average molecular weight is 354 g/mol. The van der Waals surface area contributed by atoms with E-state index in [-0.39, 0.29) is 5.91 Å². The molecule has 6 heteroatoms. The lowest BCUT2D eigenvalue weighted by atomic mass is 10.2. The van der Waals surface area contributed by atoms with Crippen molar-refractivity contribution in [3.05, 3.63) is 82.5 Å². The van der Waals surface area contributed by atoms with Crippen LogP contribution in [-0.2, 0) is 6.54 Å². The highest BCUT2D eigenvalue weighted by Gasteiger charge is 2.08. The van der Waals surface area contributed by atoms with E-state index < -0.39 is 0 Å². The number of amides is 1. The Morgan fingerprint density at radius 2 is 1.88 bits per heavy atom. The Balaban J connectivity index is 1.64. The molecule has 2 aromatic carbocycles. The van der Waals surface area contributed by atoms with Gasteiger partial charge in [-0.25, -0.2) is 0 Å². The highest BCUT2D eigenvalue weighted by molar-refractivity contribution is 6.30. The van der Waals surface area contributed by atoms with E-state index in [1.807, 2.05) is 25.1 Å². The molecule has 3 rings (SSSR count). The summed E-state index contributed by atoms with van der Waals surface area (Å²) in [6.45, 7) is 2.27. The molecular formula is C19H16ClN3O2. The van der Waals surface area contributed by atoms with Gasteiger partial charge in [-0.2, -0.15) is 5.10 Å². The molecule has 0 aliphatic rings. The molecule has 1 aromatic heterocycles. The van der Waals surface area contributed by atoms with E-state index in [9.17, 15) is 4.79 Å². The van der Waals surface area contributed by atoms with Gasteiger partial charge in [0.15, 0.2) is 0 Å².